The second kappa shape index (κ2) is 1.76. The van der Waals surface area contributed by atoms with Gasteiger partial charge in [-0.25, -0.2) is 0 Å². The Morgan fingerprint density at radius 2 is 2.06 bits per heavy atom. The monoisotopic (exact) mass is 218 g/mol. The van der Waals surface area contributed by atoms with E-state index < -0.39 is 5.97 Å². The molecule has 1 N–H and O–H groups in total. The van der Waals surface area contributed by atoms with Gasteiger partial charge in [0.05, 0.1) is 18.1 Å². The van der Waals surface area contributed by atoms with E-state index in [1.54, 1.807) is 0 Å². The van der Waals surface area contributed by atoms with Gasteiger partial charge in [-0.3, -0.25) is 4.79 Å². The fourth-order valence-corrected chi connectivity index (χ4v) is 7.72. The molecule has 0 aromatic rings. The number of carboxylic acid groups (broad SMARTS) is 1. The van der Waals surface area contributed by atoms with Crippen LogP contribution in [0.2, 0.25) is 0 Å². The maximum Gasteiger partial charge on any atom is 0.306 e. The lowest BCUT2D eigenvalue weighted by Crippen LogP contribution is -2.49. The Morgan fingerprint density at radius 1 is 1.19 bits per heavy atom. The van der Waals surface area contributed by atoms with Gasteiger partial charge in [0.25, 0.3) is 0 Å². The van der Waals surface area contributed by atoms with E-state index in [1.807, 2.05) is 0 Å². The quantitative estimate of drug-likeness (QED) is 0.751. The van der Waals surface area contributed by atoms with Gasteiger partial charge >= 0.3 is 5.97 Å². The summed E-state index contributed by atoms with van der Waals surface area (Å²) in [4.78, 5) is 11.1. The zero-order valence-electron chi connectivity index (χ0n) is 8.87. The Labute approximate surface area is 93.2 Å². The number of rotatable bonds is 2. The summed E-state index contributed by atoms with van der Waals surface area (Å²) >= 11 is 0. The van der Waals surface area contributed by atoms with Crippen LogP contribution in [0.5, 0.6) is 0 Å². The number of aliphatic carboxylic acids is 1. The molecule has 0 amide bonds. The summed E-state index contributed by atoms with van der Waals surface area (Å²) < 4.78 is 6.29. The first-order valence-corrected chi connectivity index (χ1v) is 6.64. The highest BCUT2D eigenvalue weighted by Crippen LogP contribution is 2.90. The molecular weight excluding hydrogens is 204 g/mol. The van der Waals surface area contributed by atoms with Crippen molar-refractivity contribution in [2.75, 3.05) is 0 Å². The average Bonchev–Trinajstić information content (AvgIpc) is 2.73. The predicted octanol–water partition coefficient (Wildman–Crippen LogP) is 0.986. The molecule has 3 nitrogen and oxygen atoms in total. The highest BCUT2D eigenvalue weighted by Gasteiger charge is 2.92. The van der Waals surface area contributed by atoms with Gasteiger partial charge in [0.2, 0.25) is 0 Å². The van der Waals surface area contributed by atoms with Crippen molar-refractivity contribution in [3.63, 3.8) is 0 Å². The van der Waals surface area contributed by atoms with Gasteiger partial charge in [-0.2, -0.15) is 0 Å². The molecule has 0 aromatic carbocycles. The topological polar surface area (TPSA) is 46.5 Å². The van der Waals surface area contributed by atoms with E-state index in [0.717, 1.165) is 35.5 Å². The van der Waals surface area contributed by atoms with Gasteiger partial charge in [0.1, 0.15) is 0 Å². The zero-order chi connectivity index (χ0) is 10.4. The largest absolute Gasteiger partial charge is 0.481 e. The first-order chi connectivity index (χ1) is 7.74. The van der Waals surface area contributed by atoms with Crippen LogP contribution in [0.15, 0.2) is 0 Å². The van der Waals surface area contributed by atoms with E-state index in [1.165, 1.54) is 6.42 Å². The van der Waals surface area contributed by atoms with Crippen LogP contribution in [-0.4, -0.2) is 22.8 Å². The lowest BCUT2D eigenvalue weighted by Gasteiger charge is -2.45. The molecule has 0 radical (unpaired) electrons. The number of hydrogen-bond donors (Lipinski definition) is 1. The number of carboxylic acids is 1. The highest BCUT2D eigenvalue weighted by molar-refractivity contribution is 5.69. The molecule has 7 fully saturated rings. The molecule has 5 saturated carbocycles. The van der Waals surface area contributed by atoms with Crippen molar-refractivity contribution in [2.24, 2.45) is 47.3 Å². The van der Waals surface area contributed by atoms with Gasteiger partial charge in [-0.15, -0.1) is 0 Å². The number of hydrogen-bond acceptors (Lipinski definition) is 2. The molecule has 2 saturated heterocycles. The van der Waals surface area contributed by atoms with Crippen molar-refractivity contribution in [3.05, 3.63) is 0 Å². The van der Waals surface area contributed by atoms with Crippen molar-refractivity contribution < 1.29 is 14.6 Å². The molecule has 84 valence electrons. The Kier molecular flexibility index (Phi) is 0.848. The SMILES string of the molecule is O=C(O)C[C@]12O[C@H]3[C@H]4[C@@H]5[C@@H]6C[C@H]([C@@H]5[C@H]41)[C@@H]2[C@@H]63. The summed E-state index contributed by atoms with van der Waals surface area (Å²) in [5.74, 6) is 5.83. The Morgan fingerprint density at radius 3 is 2.88 bits per heavy atom. The summed E-state index contributed by atoms with van der Waals surface area (Å²) in [6.45, 7) is 0. The molecule has 5 aliphatic carbocycles. The maximum absolute atomic E-state index is 11.1. The summed E-state index contributed by atoms with van der Waals surface area (Å²) in [6, 6.07) is 0. The molecule has 2 aliphatic heterocycles. The highest BCUT2D eigenvalue weighted by atomic mass is 16.5. The normalized spacial score (nSPS) is 77.9. The molecule has 0 unspecified atom stereocenters. The predicted molar refractivity (Wildman–Crippen MR) is 52.4 cm³/mol. The van der Waals surface area contributed by atoms with Crippen LogP contribution in [0.1, 0.15) is 12.8 Å². The fraction of sp³-hybridized carbons (Fsp3) is 0.923. The van der Waals surface area contributed by atoms with Crippen molar-refractivity contribution in [1.29, 1.82) is 0 Å². The number of carbonyl (C=O) groups is 1. The van der Waals surface area contributed by atoms with Crippen molar-refractivity contribution >= 4 is 5.97 Å². The van der Waals surface area contributed by atoms with Crippen LogP contribution in [0.3, 0.4) is 0 Å². The minimum Gasteiger partial charge on any atom is -0.481 e. The first-order valence-electron chi connectivity index (χ1n) is 6.64. The van der Waals surface area contributed by atoms with Crippen LogP contribution in [0.25, 0.3) is 0 Å². The van der Waals surface area contributed by atoms with E-state index >= 15 is 0 Å². The Hall–Kier alpha value is -0.570. The molecular formula is C13H14O3. The van der Waals surface area contributed by atoms with Crippen LogP contribution in [0, 0.1) is 47.3 Å². The second-order valence-electron chi connectivity index (χ2n) is 7.03. The van der Waals surface area contributed by atoms with E-state index in [-0.39, 0.29) is 12.0 Å². The fourth-order valence-electron chi connectivity index (χ4n) is 7.72. The third kappa shape index (κ3) is 0.430. The molecule has 16 heavy (non-hydrogen) atoms. The van der Waals surface area contributed by atoms with Crippen LogP contribution < -0.4 is 0 Å². The minimum absolute atomic E-state index is 0.192. The van der Waals surface area contributed by atoms with Gasteiger partial charge < -0.3 is 9.84 Å². The lowest BCUT2D eigenvalue weighted by molar-refractivity contribution is -0.145. The van der Waals surface area contributed by atoms with Crippen molar-refractivity contribution in [2.45, 2.75) is 24.5 Å². The van der Waals surface area contributed by atoms with E-state index in [9.17, 15) is 9.90 Å². The van der Waals surface area contributed by atoms with Crippen LogP contribution in [-0.2, 0) is 9.53 Å². The summed E-state index contributed by atoms with van der Waals surface area (Å²) in [5.41, 5.74) is -0.192. The molecule has 10 atom stereocenters. The maximum atomic E-state index is 11.1. The second-order valence-corrected chi connectivity index (χ2v) is 7.03. The average molecular weight is 218 g/mol. The summed E-state index contributed by atoms with van der Waals surface area (Å²) in [6.07, 6.45) is 2.19. The lowest BCUT2D eigenvalue weighted by atomic mass is 9.57. The van der Waals surface area contributed by atoms with Crippen LogP contribution >= 0.6 is 0 Å². The van der Waals surface area contributed by atoms with E-state index in [0.29, 0.717) is 17.9 Å². The van der Waals surface area contributed by atoms with E-state index in [4.69, 9.17) is 4.74 Å². The third-order valence-corrected chi connectivity index (χ3v) is 7.29. The molecule has 2 heterocycles. The molecule has 0 aromatic heterocycles. The van der Waals surface area contributed by atoms with Crippen molar-refractivity contribution in [3.8, 4) is 0 Å². The molecule has 7 rings (SSSR count). The molecule has 0 spiro atoms. The van der Waals surface area contributed by atoms with E-state index in [2.05, 4.69) is 0 Å². The molecule has 3 heteroatoms. The minimum atomic E-state index is -0.645. The summed E-state index contributed by atoms with van der Waals surface area (Å²) in [7, 11) is 0. The molecule has 4 bridgehead atoms. The van der Waals surface area contributed by atoms with Gasteiger partial charge in [0.15, 0.2) is 0 Å². The van der Waals surface area contributed by atoms with Gasteiger partial charge in [0, 0.05) is 0 Å². The smallest absolute Gasteiger partial charge is 0.306 e. The molecule has 7 aliphatic rings. The number of ether oxygens (including phenoxy) is 1. The first kappa shape index (κ1) is 7.70. The summed E-state index contributed by atoms with van der Waals surface area (Å²) in [5, 5.41) is 9.17. The zero-order valence-corrected chi connectivity index (χ0v) is 8.87. The Bertz CT molecular complexity index is 450. The van der Waals surface area contributed by atoms with Gasteiger partial charge in [-0.05, 0) is 53.8 Å². The van der Waals surface area contributed by atoms with Crippen LogP contribution in [0.4, 0.5) is 0 Å². The Balaban J connectivity index is 1.62. The third-order valence-electron chi connectivity index (χ3n) is 7.29. The van der Waals surface area contributed by atoms with Crippen molar-refractivity contribution in [1.82, 2.24) is 0 Å². The standard InChI is InChI=1S/C13H14O3/c14-5(15)2-13-10-4-1-3-6-7(4)11(13)9(6)12(16-13)8(3)10/h3-4,6-12H,1-2H2,(H,14,15)/t3-,4+,6+,7-,8+,9-,10+,11+,12+,13+/m0/s1. The van der Waals surface area contributed by atoms with Gasteiger partial charge in [-0.1, -0.05) is 0 Å².